The highest BCUT2D eigenvalue weighted by atomic mass is 32.2. The van der Waals surface area contributed by atoms with Crippen LogP contribution in [0.3, 0.4) is 0 Å². The van der Waals surface area contributed by atoms with Gasteiger partial charge in [-0.3, -0.25) is 0 Å². The molecule has 0 radical (unpaired) electrons. The number of ether oxygens (including phenoxy) is 1. The Hall–Kier alpha value is -2.35. The van der Waals surface area contributed by atoms with Gasteiger partial charge in [0.25, 0.3) is 5.89 Å². The van der Waals surface area contributed by atoms with Crippen LogP contribution in [0.5, 0.6) is 0 Å². The predicted octanol–water partition coefficient (Wildman–Crippen LogP) is 2.16. The summed E-state index contributed by atoms with van der Waals surface area (Å²) >= 11 is 0. The molecule has 0 unspecified atom stereocenters. The lowest BCUT2D eigenvalue weighted by molar-refractivity contribution is 0.0290. The van der Waals surface area contributed by atoms with Gasteiger partial charge >= 0.3 is 0 Å². The number of nitrogens with zero attached hydrogens (tertiary/aromatic N) is 3. The van der Waals surface area contributed by atoms with E-state index < -0.39 is 21.4 Å². The van der Waals surface area contributed by atoms with Crippen molar-refractivity contribution < 1.29 is 22.1 Å². The third-order valence-electron chi connectivity index (χ3n) is 4.66. The highest BCUT2D eigenvalue weighted by molar-refractivity contribution is 7.89. The third kappa shape index (κ3) is 3.71. The minimum Gasteiger partial charge on any atom is -0.364 e. The molecule has 1 saturated carbocycles. The smallest absolute Gasteiger partial charge is 0.255 e. The summed E-state index contributed by atoms with van der Waals surface area (Å²) in [4.78, 5) is 3.97. The van der Waals surface area contributed by atoms with Gasteiger partial charge in [0, 0.05) is 12.5 Å². The Kier molecular flexibility index (Phi) is 4.67. The van der Waals surface area contributed by atoms with Gasteiger partial charge in [-0.15, -0.1) is 0 Å². The maximum Gasteiger partial charge on any atom is 0.255 e. The van der Waals surface area contributed by atoms with E-state index in [0.717, 1.165) is 18.9 Å². The first-order valence-electron chi connectivity index (χ1n) is 8.65. The molecular weight excluding hydrogens is 375 g/mol. The molecule has 0 amide bonds. The van der Waals surface area contributed by atoms with Gasteiger partial charge in [0.15, 0.2) is 5.82 Å². The van der Waals surface area contributed by atoms with Gasteiger partial charge in [0.1, 0.15) is 28.4 Å². The first-order valence-corrected chi connectivity index (χ1v) is 10.1. The zero-order chi connectivity index (χ0) is 19.0. The van der Waals surface area contributed by atoms with Crippen molar-refractivity contribution in [3.05, 3.63) is 41.3 Å². The molecule has 2 fully saturated rings. The van der Waals surface area contributed by atoms with Gasteiger partial charge in [-0.2, -0.15) is 10.2 Å². The number of halogens is 1. The van der Waals surface area contributed by atoms with Crippen molar-refractivity contribution in [3.8, 4) is 6.07 Å². The van der Waals surface area contributed by atoms with E-state index in [1.807, 2.05) is 0 Å². The van der Waals surface area contributed by atoms with E-state index in [0.29, 0.717) is 30.5 Å². The summed E-state index contributed by atoms with van der Waals surface area (Å²) in [5.41, 5.74) is -0.506. The Bertz CT molecular complexity index is 997. The number of aromatic nitrogens is 2. The summed E-state index contributed by atoms with van der Waals surface area (Å²) < 4.78 is 52.0. The van der Waals surface area contributed by atoms with Crippen molar-refractivity contribution in [3.63, 3.8) is 0 Å². The first kappa shape index (κ1) is 18.0. The Morgan fingerprint density at radius 3 is 2.85 bits per heavy atom. The summed E-state index contributed by atoms with van der Waals surface area (Å²) in [6.45, 7) is 0.00380. The summed E-state index contributed by atoms with van der Waals surface area (Å²) in [7, 11) is -4.04. The molecule has 1 aliphatic carbocycles. The SMILES string of the molecule is N#Cc1c(F)cccc1S(=O)(=O)NC[C@H]1CC[C@@H](c2nc(C3CC3)no2)O1. The van der Waals surface area contributed by atoms with Crippen LogP contribution in [-0.2, 0) is 14.8 Å². The molecule has 142 valence electrons. The second-order valence-electron chi connectivity index (χ2n) is 6.67. The van der Waals surface area contributed by atoms with Crippen LogP contribution in [0.4, 0.5) is 4.39 Å². The zero-order valence-electron chi connectivity index (χ0n) is 14.3. The molecular formula is C17H17FN4O4S. The molecule has 10 heteroatoms. The van der Waals surface area contributed by atoms with E-state index in [2.05, 4.69) is 14.9 Å². The first-order chi connectivity index (χ1) is 13.0. The lowest BCUT2D eigenvalue weighted by atomic mass is 10.2. The van der Waals surface area contributed by atoms with E-state index in [-0.39, 0.29) is 23.6 Å². The zero-order valence-corrected chi connectivity index (χ0v) is 15.1. The molecule has 1 aromatic heterocycles. The lowest BCUT2D eigenvalue weighted by Gasteiger charge is -2.13. The van der Waals surface area contributed by atoms with Crippen LogP contribution in [0.25, 0.3) is 0 Å². The maximum atomic E-state index is 13.7. The largest absolute Gasteiger partial charge is 0.364 e. The van der Waals surface area contributed by atoms with Crippen LogP contribution in [0.1, 0.15) is 55.0 Å². The Morgan fingerprint density at radius 1 is 1.30 bits per heavy atom. The average molecular weight is 392 g/mol. The number of benzene rings is 1. The molecule has 1 N–H and O–H groups in total. The molecule has 1 saturated heterocycles. The Labute approximate surface area is 155 Å². The number of hydrogen-bond acceptors (Lipinski definition) is 7. The van der Waals surface area contributed by atoms with Crippen molar-refractivity contribution >= 4 is 10.0 Å². The molecule has 2 atom stereocenters. The van der Waals surface area contributed by atoms with Crippen molar-refractivity contribution in [1.82, 2.24) is 14.9 Å². The van der Waals surface area contributed by atoms with Gasteiger partial charge in [0.2, 0.25) is 10.0 Å². The monoisotopic (exact) mass is 392 g/mol. The summed E-state index contributed by atoms with van der Waals surface area (Å²) in [6, 6.07) is 5.08. The molecule has 8 nitrogen and oxygen atoms in total. The summed E-state index contributed by atoms with van der Waals surface area (Å²) in [5.74, 6) is 0.625. The molecule has 2 heterocycles. The second kappa shape index (κ2) is 6.99. The van der Waals surface area contributed by atoms with Crippen LogP contribution < -0.4 is 4.72 Å². The third-order valence-corrected chi connectivity index (χ3v) is 6.13. The topological polar surface area (TPSA) is 118 Å². The van der Waals surface area contributed by atoms with Gasteiger partial charge in [-0.25, -0.2) is 17.5 Å². The Morgan fingerprint density at radius 2 is 2.11 bits per heavy atom. The van der Waals surface area contributed by atoms with Crippen molar-refractivity contribution in [2.75, 3.05) is 6.54 Å². The van der Waals surface area contributed by atoms with E-state index in [9.17, 15) is 12.8 Å². The minimum absolute atomic E-state index is 0.00380. The molecule has 1 aromatic carbocycles. The molecule has 1 aliphatic heterocycles. The number of sulfonamides is 1. The lowest BCUT2D eigenvalue weighted by Crippen LogP contribution is -2.32. The van der Waals surface area contributed by atoms with Crippen molar-refractivity contribution in [2.45, 2.75) is 48.7 Å². The van der Waals surface area contributed by atoms with Crippen LogP contribution in [-0.4, -0.2) is 31.2 Å². The molecule has 4 rings (SSSR count). The van der Waals surface area contributed by atoms with E-state index >= 15 is 0 Å². The minimum atomic E-state index is -4.04. The number of rotatable bonds is 6. The van der Waals surface area contributed by atoms with Crippen LogP contribution in [0, 0.1) is 17.1 Å². The van der Waals surface area contributed by atoms with Gasteiger partial charge in [-0.1, -0.05) is 11.2 Å². The number of hydrogen-bond donors (Lipinski definition) is 1. The summed E-state index contributed by atoms with van der Waals surface area (Å²) in [6.07, 6.45) is 2.66. The van der Waals surface area contributed by atoms with Crippen molar-refractivity contribution in [2.24, 2.45) is 0 Å². The van der Waals surface area contributed by atoms with E-state index in [1.165, 1.54) is 12.1 Å². The van der Waals surface area contributed by atoms with Gasteiger partial charge in [-0.05, 0) is 37.8 Å². The molecule has 27 heavy (non-hydrogen) atoms. The highest BCUT2D eigenvalue weighted by Crippen LogP contribution is 2.39. The van der Waals surface area contributed by atoms with Crippen LogP contribution in [0.2, 0.25) is 0 Å². The fourth-order valence-electron chi connectivity index (χ4n) is 3.04. The quantitative estimate of drug-likeness (QED) is 0.800. The molecule has 2 aromatic rings. The normalized spacial score (nSPS) is 22.7. The van der Waals surface area contributed by atoms with Gasteiger partial charge in [0.05, 0.1) is 6.10 Å². The highest BCUT2D eigenvalue weighted by Gasteiger charge is 2.34. The second-order valence-corrected chi connectivity index (χ2v) is 8.40. The van der Waals surface area contributed by atoms with Gasteiger partial charge < -0.3 is 9.26 Å². The Balaban J connectivity index is 1.39. The molecule has 0 bridgehead atoms. The van der Waals surface area contributed by atoms with Crippen LogP contribution in [0.15, 0.2) is 27.6 Å². The average Bonchev–Trinajstić information content (AvgIpc) is 3.19. The van der Waals surface area contributed by atoms with Crippen LogP contribution >= 0.6 is 0 Å². The van der Waals surface area contributed by atoms with E-state index in [1.54, 1.807) is 6.07 Å². The molecule has 0 spiro atoms. The van der Waals surface area contributed by atoms with E-state index in [4.69, 9.17) is 14.5 Å². The number of nitrogens with one attached hydrogen (secondary N) is 1. The fourth-order valence-corrected chi connectivity index (χ4v) is 4.27. The summed E-state index contributed by atoms with van der Waals surface area (Å²) in [5, 5.41) is 13.0. The predicted molar refractivity (Wildman–Crippen MR) is 89.4 cm³/mol. The fraction of sp³-hybridized carbons (Fsp3) is 0.471. The standard InChI is InChI=1S/C17H17FN4O4S/c18-13-2-1-3-15(12(13)8-19)27(23,24)20-9-11-6-7-14(25-11)17-21-16(22-26-17)10-4-5-10/h1-3,10-11,14,20H,4-7,9H2/t11-,14+/m1/s1. The van der Waals surface area contributed by atoms with Crippen molar-refractivity contribution in [1.29, 1.82) is 5.26 Å². The molecule has 2 aliphatic rings. The number of nitriles is 1. The maximum absolute atomic E-state index is 13.7.